The average Bonchev–Trinajstić information content (AvgIpc) is 3.05. The molecule has 0 saturated heterocycles. The molecule has 2 aromatic rings. The van der Waals surface area contributed by atoms with Crippen molar-refractivity contribution >= 4 is 11.9 Å². The molecule has 0 bridgehead atoms. The first kappa shape index (κ1) is 19.4. The molecule has 8 heteroatoms. The predicted octanol–water partition coefficient (Wildman–Crippen LogP) is 0.919. The number of hydrogen-bond acceptors (Lipinski definition) is 4. The lowest BCUT2D eigenvalue weighted by atomic mass is 10.2. The molecule has 0 saturated carbocycles. The SMILES string of the molecule is CCNC(=NCc1ncnn1C)NCCC(=O)N(C)Cc1ccccc1. The van der Waals surface area contributed by atoms with Crippen molar-refractivity contribution in [1.82, 2.24) is 30.3 Å². The second-order valence-corrected chi connectivity index (χ2v) is 5.91. The molecule has 1 amide bonds. The highest BCUT2D eigenvalue weighted by atomic mass is 16.2. The maximum Gasteiger partial charge on any atom is 0.224 e. The Morgan fingerprint density at radius 2 is 2.04 bits per heavy atom. The summed E-state index contributed by atoms with van der Waals surface area (Å²) in [5.74, 6) is 1.53. The van der Waals surface area contributed by atoms with Gasteiger partial charge in [0.25, 0.3) is 0 Å². The van der Waals surface area contributed by atoms with Gasteiger partial charge in [0.2, 0.25) is 5.91 Å². The van der Waals surface area contributed by atoms with Gasteiger partial charge in [-0.2, -0.15) is 5.10 Å². The van der Waals surface area contributed by atoms with Gasteiger partial charge in [-0.25, -0.2) is 9.98 Å². The van der Waals surface area contributed by atoms with Crippen molar-refractivity contribution in [2.75, 3.05) is 20.1 Å². The number of aryl methyl sites for hydroxylation is 1. The zero-order chi connectivity index (χ0) is 18.8. The summed E-state index contributed by atoms with van der Waals surface area (Å²) < 4.78 is 1.69. The molecule has 2 N–H and O–H groups in total. The van der Waals surface area contributed by atoms with Crippen molar-refractivity contribution < 1.29 is 4.79 Å². The number of nitrogens with one attached hydrogen (secondary N) is 2. The third-order valence-electron chi connectivity index (χ3n) is 3.85. The highest BCUT2D eigenvalue weighted by Gasteiger charge is 2.09. The fraction of sp³-hybridized carbons (Fsp3) is 0.444. The fourth-order valence-corrected chi connectivity index (χ4v) is 2.38. The number of aliphatic imine (C=N–C) groups is 1. The molecule has 0 spiro atoms. The van der Waals surface area contributed by atoms with Crippen LogP contribution in [-0.4, -0.2) is 51.7 Å². The van der Waals surface area contributed by atoms with E-state index in [0.717, 1.165) is 17.9 Å². The summed E-state index contributed by atoms with van der Waals surface area (Å²) in [6, 6.07) is 9.96. The largest absolute Gasteiger partial charge is 0.357 e. The average molecular weight is 357 g/mol. The maximum atomic E-state index is 12.3. The summed E-state index contributed by atoms with van der Waals surface area (Å²) in [7, 11) is 3.65. The van der Waals surface area contributed by atoms with Gasteiger partial charge in [0.1, 0.15) is 18.7 Å². The van der Waals surface area contributed by atoms with Gasteiger partial charge in [0, 0.05) is 40.2 Å². The number of rotatable bonds is 8. The van der Waals surface area contributed by atoms with E-state index in [0.29, 0.717) is 32.0 Å². The first-order chi connectivity index (χ1) is 12.6. The molecule has 26 heavy (non-hydrogen) atoms. The molecular formula is C18H27N7O. The molecule has 140 valence electrons. The Kier molecular flexibility index (Phi) is 7.60. The van der Waals surface area contributed by atoms with E-state index in [1.54, 1.807) is 9.58 Å². The van der Waals surface area contributed by atoms with Crippen LogP contribution in [0.4, 0.5) is 0 Å². The number of carbonyl (C=O) groups is 1. The number of amides is 1. The zero-order valence-corrected chi connectivity index (χ0v) is 15.6. The van der Waals surface area contributed by atoms with E-state index in [4.69, 9.17) is 0 Å². The van der Waals surface area contributed by atoms with Crippen molar-refractivity contribution in [2.24, 2.45) is 12.0 Å². The van der Waals surface area contributed by atoms with Crippen molar-refractivity contribution in [3.63, 3.8) is 0 Å². The number of benzene rings is 1. The molecule has 0 aliphatic rings. The van der Waals surface area contributed by atoms with Crippen LogP contribution >= 0.6 is 0 Å². The lowest BCUT2D eigenvalue weighted by molar-refractivity contribution is -0.130. The second kappa shape index (κ2) is 10.2. The lowest BCUT2D eigenvalue weighted by Gasteiger charge is -2.18. The zero-order valence-electron chi connectivity index (χ0n) is 15.6. The van der Waals surface area contributed by atoms with Crippen LogP contribution in [0.15, 0.2) is 41.7 Å². The molecule has 0 aliphatic carbocycles. The van der Waals surface area contributed by atoms with Crippen LogP contribution in [0.5, 0.6) is 0 Å². The first-order valence-corrected chi connectivity index (χ1v) is 8.73. The van der Waals surface area contributed by atoms with Crippen molar-refractivity contribution in [3.05, 3.63) is 48.0 Å². The normalized spacial score (nSPS) is 11.3. The second-order valence-electron chi connectivity index (χ2n) is 5.91. The van der Waals surface area contributed by atoms with Gasteiger partial charge in [-0.3, -0.25) is 9.48 Å². The van der Waals surface area contributed by atoms with Gasteiger partial charge < -0.3 is 15.5 Å². The standard InChI is InChI=1S/C18H27N7O/c1-4-19-18(21-12-16-22-14-23-25(16)3)20-11-10-17(26)24(2)13-15-8-6-5-7-9-15/h5-9,14H,4,10-13H2,1-3H3,(H2,19,20,21). The minimum absolute atomic E-state index is 0.0884. The highest BCUT2D eigenvalue weighted by Crippen LogP contribution is 2.03. The molecule has 1 heterocycles. The van der Waals surface area contributed by atoms with Gasteiger partial charge >= 0.3 is 0 Å². The van der Waals surface area contributed by atoms with Gasteiger partial charge in [-0.15, -0.1) is 0 Å². The topological polar surface area (TPSA) is 87.4 Å². The van der Waals surface area contributed by atoms with Gasteiger partial charge in [-0.05, 0) is 12.5 Å². The number of hydrogen-bond donors (Lipinski definition) is 2. The highest BCUT2D eigenvalue weighted by molar-refractivity contribution is 5.81. The minimum Gasteiger partial charge on any atom is -0.357 e. The monoisotopic (exact) mass is 357 g/mol. The molecule has 2 rings (SSSR count). The van der Waals surface area contributed by atoms with Crippen LogP contribution in [0.1, 0.15) is 24.7 Å². The summed E-state index contributed by atoms with van der Waals surface area (Å²) in [6.45, 7) is 4.29. The number of carbonyl (C=O) groups excluding carboxylic acids is 1. The van der Waals surface area contributed by atoms with Gasteiger partial charge in [0.15, 0.2) is 5.96 Å². The molecule has 0 radical (unpaired) electrons. The van der Waals surface area contributed by atoms with Crippen molar-refractivity contribution in [2.45, 2.75) is 26.4 Å². The Morgan fingerprint density at radius 3 is 2.69 bits per heavy atom. The van der Waals surface area contributed by atoms with E-state index in [1.807, 2.05) is 51.4 Å². The lowest BCUT2D eigenvalue weighted by Crippen LogP contribution is -2.39. The van der Waals surface area contributed by atoms with Crippen molar-refractivity contribution in [3.8, 4) is 0 Å². The molecular weight excluding hydrogens is 330 g/mol. The van der Waals surface area contributed by atoms with E-state index in [2.05, 4.69) is 25.7 Å². The van der Waals surface area contributed by atoms with E-state index >= 15 is 0 Å². The summed E-state index contributed by atoms with van der Waals surface area (Å²) in [4.78, 5) is 22.6. The Hall–Kier alpha value is -2.90. The third kappa shape index (κ3) is 6.19. The van der Waals surface area contributed by atoms with Crippen LogP contribution in [0.25, 0.3) is 0 Å². The number of guanidine groups is 1. The van der Waals surface area contributed by atoms with E-state index in [9.17, 15) is 4.79 Å². The van der Waals surface area contributed by atoms with E-state index < -0.39 is 0 Å². The summed E-state index contributed by atoms with van der Waals surface area (Å²) in [5, 5.41) is 10.4. The van der Waals surface area contributed by atoms with Crippen molar-refractivity contribution in [1.29, 1.82) is 0 Å². The van der Waals surface area contributed by atoms with E-state index in [-0.39, 0.29) is 5.91 Å². The van der Waals surface area contributed by atoms with E-state index in [1.165, 1.54) is 6.33 Å². The Bertz CT molecular complexity index is 711. The van der Waals surface area contributed by atoms with Crippen LogP contribution < -0.4 is 10.6 Å². The predicted molar refractivity (Wildman–Crippen MR) is 101 cm³/mol. The number of aromatic nitrogens is 3. The molecule has 0 aliphatic heterocycles. The van der Waals surface area contributed by atoms with Crippen LogP contribution in [-0.2, 0) is 24.9 Å². The van der Waals surface area contributed by atoms with Crippen LogP contribution in [0.3, 0.4) is 0 Å². The van der Waals surface area contributed by atoms with Crippen LogP contribution in [0.2, 0.25) is 0 Å². The smallest absolute Gasteiger partial charge is 0.224 e. The molecule has 1 aromatic heterocycles. The summed E-state index contributed by atoms with van der Waals surface area (Å²) in [5.41, 5.74) is 1.12. The minimum atomic E-state index is 0.0884. The fourth-order valence-electron chi connectivity index (χ4n) is 2.38. The third-order valence-corrected chi connectivity index (χ3v) is 3.85. The maximum absolute atomic E-state index is 12.3. The summed E-state index contributed by atoms with van der Waals surface area (Å²) in [6.07, 6.45) is 1.91. The molecule has 0 unspecified atom stereocenters. The molecule has 0 fully saturated rings. The Balaban J connectivity index is 1.79. The molecule has 8 nitrogen and oxygen atoms in total. The molecule has 0 atom stereocenters. The quantitative estimate of drug-likeness (QED) is 0.542. The number of nitrogens with zero attached hydrogens (tertiary/aromatic N) is 5. The summed E-state index contributed by atoms with van der Waals surface area (Å²) >= 11 is 0. The molecule has 1 aromatic carbocycles. The van der Waals surface area contributed by atoms with Gasteiger partial charge in [-0.1, -0.05) is 30.3 Å². The van der Waals surface area contributed by atoms with Crippen LogP contribution in [0, 0.1) is 0 Å². The van der Waals surface area contributed by atoms with Gasteiger partial charge in [0.05, 0.1) is 0 Å². The first-order valence-electron chi connectivity index (χ1n) is 8.73. The Morgan fingerprint density at radius 1 is 1.27 bits per heavy atom. The Labute approximate surface area is 154 Å².